The number of fused-ring (bicyclic) bond motifs is 1. The first kappa shape index (κ1) is 19.7. The van der Waals surface area contributed by atoms with Crippen molar-refractivity contribution in [3.05, 3.63) is 69.4 Å². The quantitative estimate of drug-likeness (QED) is 0.592. The Kier molecular flexibility index (Phi) is 6.10. The molecule has 0 saturated heterocycles. The van der Waals surface area contributed by atoms with Gasteiger partial charge >= 0.3 is 0 Å². The van der Waals surface area contributed by atoms with Crippen molar-refractivity contribution in [3.63, 3.8) is 0 Å². The number of benzene rings is 2. The van der Waals surface area contributed by atoms with Gasteiger partial charge in [0.1, 0.15) is 5.58 Å². The van der Waals surface area contributed by atoms with Crippen LogP contribution < -0.4 is 5.32 Å². The second kappa shape index (κ2) is 8.34. The number of aryl methyl sites for hydroxylation is 1. The molecule has 0 saturated carbocycles. The number of furan rings is 1. The second-order valence-corrected chi connectivity index (χ2v) is 7.74. The van der Waals surface area contributed by atoms with Gasteiger partial charge in [0.25, 0.3) is 5.91 Å². The molecule has 27 heavy (non-hydrogen) atoms. The Bertz CT molecular complexity index is 949. The zero-order valence-corrected chi connectivity index (χ0v) is 17.1. The molecule has 0 bridgehead atoms. The molecule has 4 nitrogen and oxygen atoms in total. The number of carbonyl (C=O) groups excluding carboxylic acids is 1. The number of nitrogens with zero attached hydrogens (tertiary/aromatic N) is 1. The fraction of sp³-hybridized carbons (Fsp3) is 0.286. The van der Waals surface area contributed by atoms with Crippen LogP contribution in [0.3, 0.4) is 0 Å². The summed E-state index contributed by atoms with van der Waals surface area (Å²) < 4.78 is 5.79. The molecule has 2 aromatic carbocycles. The molecule has 1 atom stereocenters. The number of hydrogen-bond acceptors (Lipinski definition) is 3. The lowest BCUT2D eigenvalue weighted by atomic mass is 10.0. The van der Waals surface area contributed by atoms with Gasteiger partial charge in [0.05, 0.1) is 6.04 Å². The average molecular weight is 405 g/mol. The van der Waals surface area contributed by atoms with E-state index in [-0.39, 0.29) is 11.9 Å². The van der Waals surface area contributed by atoms with Gasteiger partial charge in [-0.2, -0.15) is 0 Å². The number of carbonyl (C=O) groups is 1. The molecule has 1 N–H and O–H groups in total. The first-order chi connectivity index (χ1) is 12.8. The molecule has 0 radical (unpaired) electrons. The van der Waals surface area contributed by atoms with Crippen LogP contribution in [0.15, 0.2) is 46.9 Å². The van der Waals surface area contributed by atoms with Crippen LogP contribution >= 0.6 is 23.2 Å². The number of rotatable bonds is 6. The van der Waals surface area contributed by atoms with E-state index in [1.807, 2.05) is 51.4 Å². The monoisotopic (exact) mass is 404 g/mol. The normalized spacial score (nSPS) is 12.5. The van der Waals surface area contributed by atoms with Crippen LogP contribution in [0.2, 0.25) is 10.0 Å². The van der Waals surface area contributed by atoms with Crippen molar-refractivity contribution in [2.75, 3.05) is 20.6 Å². The minimum Gasteiger partial charge on any atom is -0.451 e. The van der Waals surface area contributed by atoms with Gasteiger partial charge < -0.3 is 14.6 Å². The van der Waals surface area contributed by atoms with Crippen molar-refractivity contribution in [2.24, 2.45) is 0 Å². The predicted molar refractivity (Wildman–Crippen MR) is 111 cm³/mol. The molecule has 1 aromatic heterocycles. The molecule has 1 unspecified atom stereocenters. The van der Waals surface area contributed by atoms with Crippen LogP contribution in [-0.2, 0) is 0 Å². The molecule has 1 amide bonds. The summed E-state index contributed by atoms with van der Waals surface area (Å²) in [5.74, 6) is 0.0783. The van der Waals surface area contributed by atoms with Gasteiger partial charge in [0, 0.05) is 21.0 Å². The zero-order chi connectivity index (χ0) is 19.6. The van der Waals surface area contributed by atoms with Crippen molar-refractivity contribution >= 4 is 40.1 Å². The maximum atomic E-state index is 12.9. The standard InChI is InChI=1S/C21H22Cl2N2O2/c1-13-17-12-16(23)8-9-19(17)27-20(13)21(26)24-18(10-11-25(2)3)14-4-6-15(22)7-5-14/h4-9,12,18H,10-11H2,1-3H3,(H,24,26). The summed E-state index contributed by atoms with van der Waals surface area (Å²) in [7, 11) is 4.02. The summed E-state index contributed by atoms with van der Waals surface area (Å²) in [4.78, 5) is 15.0. The highest BCUT2D eigenvalue weighted by atomic mass is 35.5. The number of amides is 1. The Morgan fingerprint density at radius 3 is 2.44 bits per heavy atom. The van der Waals surface area contributed by atoms with Crippen LogP contribution in [0.25, 0.3) is 11.0 Å². The van der Waals surface area contributed by atoms with Gasteiger partial charge in [-0.1, -0.05) is 35.3 Å². The van der Waals surface area contributed by atoms with E-state index >= 15 is 0 Å². The van der Waals surface area contributed by atoms with Gasteiger partial charge in [-0.15, -0.1) is 0 Å². The molecule has 0 spiro atoms. The van der Waals surface area contributed by atoms with E-state index < -0.39 is 0 Å². The molecule has 3 rings (SSSR count). The van der Waals surface area contributed by atoms with E-state index in [0.29, 0.717) is 21.4 Å². The molecular weight excluding hydrogens is 383 g/mol. The summed E-state index contributed by atoms with van der Waals surface area (Å²) in [5, 5.41) is 5.24. The topological polar surface area (TPSA) is 45.5 Å². The van der Waals surface area contributed by atoms with Crippen molar-refractivity contribution in [1.82, 2.24) is 10.2 Å². The van der Waals surface area contributed by atoms with Gasteiger partial charge in [-0.25, -0.2) is 0 Å². The molecule has 1 heterocycles. The molecular formula is C21H22Cl2N2O2. The summed E-state index contributed by atoms with van der Waals surface area (Å²) in [6.45, 7) is 2.70. The number of halogens is 2. The van der Waals surface area contributed by atoms with E-state index in [4.69, 9.17) is 27.6 Å². The van der Waals surface area contributed by atoms with Crippen LogP contribution in [0, 0.1) is 6.92 Å². The largest absolute Gasteiger partial charge is 0.451 e. The lowest BCUT2D eigenvalue weighted by Crippen LogP contribution is -2.31. The number of hydrogen-bond donors (Lipinski definition) is 1. The lowest BCUT2D eigenvalue weighted by molar-refractivity contribution is 0.0906. The van der Waals surface area contributed by atoms with Gasteiger partial charge in [0.2, 0.25) is 0 Å². The Labute approximate surface area is 169 Å². The fourth-order valence-electron chi connectivity index (χ4n) is 3.04. The van der Waals surface area contributed by atoms with Crippen molar-refractivity contribution in [1.29, 1.82) is 0 Å². The highest BCUT2D eigenvalue weighted by Crippen LogP contribution is 2.29. The number of nitrogens with one attached hydrogen (secondary N) is 1. The predicted octanol–water partition coefficient (Wildman–Crippen LogP) is 5.47. The smallest absolute Gasteiger partial charge is 0.287 e. The molecule has 0 aliphatic heterocycles. The van der Waals surface area contributed by atoms with E-state index in [2.05, 4.69) is 10.2 Å². The summed E-state index contributed by atoms with van der Waals surface area (Å²) >= 11 is 12.1. The molecule has 3 aromatic rings. The van der Waals surface area contributed by atoms with Crippen LogP contribution in [0.4, 0.5) is 0 Å². The average Bonchev–Trinajstić information content (AvgIpc) is 2.95. The van der Waals surface area contributed by atoms with E-state index in [0.717, 1.165) is 29.5 Å². The fourth-order valence-corrected chi connectivity index (χ4v) is 3.34. The summed E-state index contributed by atoms with van der Waals surface area (Å²) in [6, 6.07) is 12.7. The third-order valence-electron chi connectivity index (χ3n) is 4.55. The zero-order valence-electron chi connectivity index (χ0n) is 15.6. The van der Waals surface area contributed by atoms with Crippen LogP contribution in [0.1, 0.15) is 34.1 Å². The van der Waals surface area contributed by atoms with Gasteiger partial charge in [-0.3, -0.25) is 4.79 Å². The van der Waals surface area contributed by atoms with Crippen LogP contribution in [0.5, 0.6) is 0 Å². The second-order valence-electron chi connectivity index (χ2n) is 6.87. The Morgan fingerprint density at radius 2 is 1.78 bits per heavy atom. The maximum Gasteiger partial charge on any atom is 0.287 e. The van der Waals surface area contributed by atoms with E-state index in [1.54, 1.807) is 12.1 Å². The maximum absolute atomic E-state index is 12.9. The third-order valence-corrected chi connectivity index (χ3v) is 5.03. The van der Waals surface area contributed by atoms with Gasteiger partial charge in [0.15, 0.2) is 5.76 Å². The molecule has 0 aliphatic rings. The summed E-state index contributed by atoms with van der Waals surface area (Å²) in [6.07, 6.45) is 0.769. The SMILES string of the molecule is Cc1c(C(=O)NC(CCN(C)C)c2ccc(Cl)cc2)oc2ccc(Cl)cc12. The highest BCUT2D eigenvalue weighted by molar-refractivity contribution is 6.31. The van der Waals surface area contributed by atoms with Crippen molar-refractivity contribution in [2.45, 2.75) is 19.4 Å². The Balaban J connectivity index is 1.87. The molecule has 6 heteroatoms. The minimum atomic E-state index is -0.237. The minimum absolute atomic E-state index is 0.145. The molecule has 142 valence electrons. The van der Waals surface area contributed by atoms with Gasteiger partial charge in [-0.05, 0) is 69.9 Å². The lowest BCUT2D eigenvalue weighted by Gasteiger charge is -2.21. The van der Waals surface area contributed by atoms with Crippen molar-refractivity contribution in [3.8, 4) is 0 Å². The Hall–Kier alpha value is -2.01. The summed E-state index contributed by atoms with van der Waals surface area (Å²) in [5.41, 5.74) is 2.44. The Morgan fingerprint density at radius 1 is 1.11 bits per heavy atom. The highest BCUT2D eigenvalue weighted by Gasteiger charge is 2.22. The van der Waals surface area contributed by atoms with E-state index in [1.165, 1.54) is 0 Å². The molecule has 0 fully saturated rings. The third kappa shape index (κ3) is 4.64. The first-order valence-electron chi connectivity index (χ1n) is 8.75. The van der Waals surface area contributed by atoms with Crippen LogP contribution in [-0.4, -0.2) is 31.4 Å². The first-order valence-corrected chi connectivity index (χ1v) is 9.50. The molecule has 0 aliphatic carbocycles. The van der Waals surface area contributed by atoms with Crippen molar-refractivity contribution < 1.29 is 9.21 Å². The van der Waals surface area contributed by atoms with E-state index in [9.17, 15) is 4.79 Å².